The Bertz CT molecular complexity index is 379. The summed E-state index contributed by atoms with van der Waals surface area (Å²) < 4.78 is 12.7. The Kier molecular flexibility index (Phi) is 5.74. The van der Waals surface area contributed by atoms with Gasteiger partial charge in [-0.05, 0) is 38.1 Å². The van der Waals surface area contributed by atoms with E-state index in [4.69, 9.17) is 5.11 Å². The molecule has 0 aliphatic heterocycles. The summed E-state index contributed by atoms with van der Waals surface area (Å²) >= 11 is 0. The van der Waals surface area contributed by atoms with E-state index in [2.05, 4.69) is 5.32 Å². The molecule has 1 rings (SSSR count). The normalized spacial score (nSPS) is 11.0. The minimum absolute atomic E-state index is 0.0159. The van der Waals surface area contributed by atoms with Crippen molar-refractivity contribution in [3.05, 3.63) is 30.1 Å². The standard InChI is InChI=1S/C13H19FN2O2/c1-10(2)16(7-8-17)9-13(18)15-12-5-3-11(14)4-6-12/h3-6,10,17H,7-9H2,1-2H3,(H,15,18). The highest BCUT2D eigenvalue weighted by Gasteiger charge is 2.13. The zero-order valence-electron chi connectivity index (χ0n) is 10.7. The molecule has 0 radical (unpaired) electrons. The number of halogens is 1. The monoisotopic (exact) mass is 254 g/mol. The van der Waals surface area contributed by atoms with Gasteiger partial charge in [0.25, 0.3) is 0 Å². The van der Waals surface area contributed by atoms with Crippen LogP contribution in [0.5, 0.6) is 0 Å². The molecule has 5 heteroatoms. The fourth-order valence-electron chi connectivity index (χ4n) is 1.57. The Morgan fingerprint density at radius 1 is 1.39 bits per heavy atom. The molecule has 0 saturated heterocycles. The summed E-state index contributed by atoms with van der Waals surface area (Å²) in [6.45, 7) is 4.59. The topological polar surface area (TPSA) is 52.6 Å². The van der Waals surface area contributed by atoms with E-state index in [1.165, 1.54) is 24.3 Å². The van der Waals surface area contributed by atoms with E-state index in [9.17, 15) is 9.18 Å². The van der Waals surface area contributed by atoms with Crippen LogP contribution in [-0.2, 0) is 4.79 Å². The zero-order chi connectivity index (χ0) is 13.5. The molecule has 0 aliphatic rings. The number of hydrogen-bond donors (Lipinski definition) is 2. The van der Waals surface area contributed by atoms with E-state index in [1.54, 1.807) is 0 Å². The summed E-state index contributed by atoms with van der Waals surface area (Å²) in [5.41, 5.74) is 0.564. The molecule has 4 nitrogen and oxygen atoms in total. The number of carbonyl (C=O) groups excluding carboxylic acids is 1. The van der Waals surface area contributed by atoms with Gasteiger partial charge in [-0.1, -0.05) is 0 Å². The first kappa shape index (κ1) is 14.6. The van der Waals surface area contributed by atoms with Crippen molar-refractivity contribution in [3.8, 4) is 0 Å². The average molecular weight is 254 g/mol. The van der Waals surface area contributed by atoms with Gasteiger partial charge in [0, 0.05) is 18.3 Å². The SMILES string of the molecule is CC(C)N(CCO)CC(=O)Nc1ccc(F)cc1. The molecule has 0 unspecified atom stereocenters. The van der Waals surface area contributed by atoms with E-state index in [0.717, 1.165) is 0 Å². The molecule has 1 amide bonds. The number of aliphatic hydroxyl groups excluding tert-OH is 1. The Balaban J connectivity index is 2.52. The smallest absolute Gasteiger partial charge is 0.238 e. The van der Waals surface area contributed by atoms with Gasteiger partial charge in [-0.2, -0.15) is 0 Å². The molecule has 0 fully saturated rings. The minimum Gasteiger partial charge on any atom is -0.395 e. The maximum absolute atomic E-state index is 12.7. The van der Waals surface area contributed by atoms with Crippen molar-refractivity contribution < 1.29 is 14.3 Å². The van der Waals surface area contributed by atoms with Crippen LogP contribution in [0, 0.1) is 5.82 Å². The van der Waals surface area contributed by atoms with Gasteiger partial charge in [0.2, 0.25) is 5.91 Å². The molecular formula is C13H19FN2O2. The van der Waals surface area contributed by atoms with Crippen molar-refractivity contribution in [2.45, 2.75) is 19.9 Å². The highest BCUT2D eigenvalue weighted by Crippen LogP contribution is 2.08. The molecule has 0 saturated carbocycles. The average Bonchev–Trinajstić information content (AvgIpc) is 2.31. The van der Waals surface area contributed by atoms with Gasteiger partial charge < -0.3 is 10.4 Å². The maximum atomic E-state index is 12.7. The molecule has 0 bridgehead atoms. The first-order valence-electron chi connectivity index (χ1n) is 5.93. The Labute approximate surface area is 106 Å². The number of rotatable bonds is 6. The quantitative estimate of drug-likeness (QED) is 0.808. The first-order chi connectivity index (χ1) is 8.52. The van der Waals surface area contributed by atoms with E-state index in [1.807, 2.05) is 18.7 Å². The molecule has 1 aromatic carbocycles. The van der Waals surface area contributed by atoms with Gasteiger partial charge >= 0.3 is 0 Å². The minimum atomic E-state index is -0.336. The van der Waals surface area contributed by atoms with Gasteiger partial charge in [0.05, 0.1) is 13.2 Å². The number of amides is 1. The van der Waals surface area contributed by atoms with Gasteiger partial charge in [-0.25, -0.2) is 4.39 Å². The molecule has 0 spiro atoms. The molecule has 0 aromatic heterocycles. The molecule has 2 N–H and O–H groups in total. The van der Waals surface area contributed by atoms with Crippen molar-refractivity contribution in [1.82, 2.24) is 4.90 Å². The highest BCUT2D eigenvalue weighted by atomic mass is 19.1. The summed E-state index contributed by atoms with van der Waals surface area (Å²) in [6, 6.07) is 5.79. The van der Waals surface area contributed by atoms with Crippen LogP contribution in [0.1, 0.15) is 13.8 Å². The highest BCUT2D eigenvalue weighted by molar-refractivity contribution is 5.92. The van der Waals surface area contributed by atoms with Crippen LogP contribution >= 0.6 is 0 Å². The van der Waals surface area contributed by atoms with Crippen LogP contribution in [-0.4, -0.2) is 41.7 Å². The van der Waals surface area contributed by atoms with Crippen LogP contribution in [0.15, 0.2) is 24.3 Å². The van der Waals surface area contributed by atoms with Crippen molar-refractivity contribution in [2.75, 3.05) is 25.0 Å². The third-order valence-corrected chi connectivity index (χ3v) is 2.59. The second-order valence-electron chi connectivity index (χ2n) is 4.34. The summed E-state index contributed by atoms with van der Waals surface area (Å²) in [5.74, 6) is -0.513. The van der Waals surface area contributed by atoms with Crippen LogP contribution < -0.4 is 5.32 Å². The van der Waals surface area contributed by atoms with Crippen molar-refractivity contribution in [2.24, 2.45) is 0 Å². The molecule has 18 heavy (non-hydrogen) atoms. The fourth-order valence-corrected chi connectivity index (χ4v) is 1.57. The molecule has 100 valence electrons. The number of aliphatic hydroxyl groups is 1. The lowest BCUT2D eigenvalue weighted by Crippen LogP contribution is -2.39. The van der Waals surface area contributed by atoms with Gasteiger partial charge in [-0.15, -0.1) is 0 Å². The first-order valence-corrected chi connectivity index (χ1v) is 5.93. The van der Waals surface area contributed by atoms with Gasteiger partial charge in [0.15, 0.2) is 0 Å². The Morgan fingerprint density at radius 3 is 2.50 bits per heavy atom. The van der Waals surface area contributed by atoms with Crippen molar-refractivity contribution in [3.63, 3.8) is 0 Å². The van der Waals surface area contributed by atoms with Crippen LogP contribution in [0.25, 0.3) is 0 Å². The van der Waals surface area contributed by atoms with Gasteiger partial charge in [-0.3, -0.25) is 9.69 Å². The van der Waals surface area contributed by atoms with E-state index >= 15 is 0 Å². The molecule has 0 heterocycles. The zero-order valence-corrected chi connectivity index (χ0v) is 10.7. The van der Waals surface area contributed by atoms with Gasteiger partial charge in [0.1, 0.15) is 5.82 Å². The lowest BCUT2D eigenvalue weighted by Gasteiger charge is -2.24. The lowest BCUT2D eigenvalue weighted by molar-refractivity contribution is -0.117. The Morgan fingerprint density at radius 2 is 2.00 bits per heavy atom. The van der Waals surface area contributed by atoms with Crippen LogP contribution in [0.3, 0.4) is 0 Å². The maximum Gasteiger partial charge on any atom is 0.238 e. The third kappa shape index (κ3) is 4.81. The molecule has 0 atom stereocenters. The lowest BCUT2D eigenvalue weighted by atomic mass is 10.3. The summed E-state index contributed by atoms with van der Waals surface area (Å²) in [6.07, 6.45) is 0. The predicted molar refractivity (Wildman–Crippen MR) is 68.8 cm³/mol. The molecule has 1 aromatic rings. The number of nitrogens with zero attached hydrogens (tertiary/aromatic N) is 1. The van der Waals surface area contributed by atoms with E-state index in [0.29, 0.717) is 12.2 Å². The summed E-state index contributed by atoms with van der Waals surface area (Å²) in [4.78, 5) is 13.6. The number of nitrogens with one attached hydrogen (secondary N) is 1. The van der Waals surface area contributed by atoms with Crippen molar-refractivity contribution in [1.29, 1.82) is 0 Å². The fraction of sp³-hybridized carbons (Fsp3) is 0.462. The largest absolute Gasteiger partial charge is 0.395 e. The summed E-state index contributed by atoms with van der Waals surface area (Å²) in [5, 5.41) is 11.6. The van der Waals surface area contributed by atoms with Crippen LogP contribution in [0.2, 0.25) is 0 Å². The Hall–Kier alpha value is -1.46. The predicted octanol–water partition coefficient (Wildman–Crippen LogP) is 1.47. The number of benzene rings is 1. The third-order valence-electron chi connectivity index (χ3n) is 2.59. The van der Waals surface area contributed by atoms with Crippen LogP contribution in [0.4, 0.5) is 10.1 Å². The number of carbonyl (C=O) groups is 1. The summed E-state index contributed by atoms with van der Waals surface area (Å²) in [7, 11) is 0. The van der Waals surface area contributed by atoms with E-state index in [-0.39, 0.29) is 30.9 Å². The molecule has 0 aliphatic carbocycles. The number of hydrogen-bond acceptors (Lipinski definition) is 3. The van der Waals surface area contributed by atoms with E-state index < -0.39 is 0 Å². The number of anilines is 1. The van der Waals surface area contributed by atoms with Crippen molar-refractivity contribution >= 4 is 11.6 Å². The second-order valence-corrected chi connectivity index (χ2v) is 4.34. The molecular weight excluding hydrogens is 235 g/mol. The second kappa shape index (κ2) is 7.08.